The van der Waals surface area contributed by atoms with Crippen molar-refractivity contribution >= 4 is 11.5 Å². The quantitative estimate of drug-likeness (QED) is 0.541. The Morgan fingerprint density at radius 3 is 2.44 bits per heavy atom. The Bertz CT molecular complexity index is 611. The van der Waals surface area contributed by atoms with Crippen LogP contribution in [0.15, 0.2) is 15.8 Å². The summed E-state index contributed by atoms with van der Waals surface area (Å²) in [5.74, 6) is -0.699. The number of carbonyl (C=O) groups excluding carboxylic acids is 1. The molecule has 0 saturated heterocycles. The zero-order valence-electron chi connectivity index (χ0n) is 10.2. The Labute approximate surface area is 102 Å². The Balaban J connectivity index is 3.44. The Morgan fingerprint density at radius 2 is 2.00 bits per heavy atom. The Morgan fingerprint density at radius 1 is 1.44 bits per heavy atom. The van der Waals surface area contributed by atoms with Gasteiger partial charge in [0.15, 0.2) is 5.78 Å². The van der Waals surface area contributed by atoms with Crippen molar-refractivity contribution in [1.29, 1.82) is 0 Å². The van der Waals surface area contributed by atoms with Crippen molar-refractivity contribution in [1.82, 2.24) is 9.13 Å². The number of aromatic nitrogens is 2. The number of aryl methyl sites for hydroxylation is 1. The lowest BCUT2D eigenvalue weighted by atomic mass is 10.1. The predicted octanol–water partition coefficient (Wildman–Crippen LogP) is -0.320. The molecular weight excluding hydrogens is 242 g/mol. The maximum atomic E-state index is 11.7. The van der Waals surface area contributed by atoms with E-state index < -0.39 is 28.4 Å². The molecule has 0 spiro atoms. The van der Waals surface area contributed by atoms with Gasteiger partial charge in [-0.25, -0.2) is 9.36 Å². The molecule has 0 aliphatic rings. The van der Waals surface area contributed by atoms with Crippen molar-refractivity contribution in [3.8, 4) is 0 Å². The van der Waals surface area contributed by atoms with Crippen molar-refractivity contribution in [3.05, 3.63) is 37.1 Å². The normalized spacial score (nSPS) is 10.7. The molecule has 0 radical (unpaired) electrons. The molecule has 0 aliphatic heterocycles. The zero-order valence-corrected chi connectivity index (χ0v) is 10.2. The molecule has 1 heterocycles. The molecule has 0 bridgehead atoms. The first kappa shape index (κ1) is 13.8. The third kappa shape index (κ3) is 2.53. The molecule has 1 aromatic rings. The number of hydrogen-bond acceptors (Lipinski definition) is 5. The van der Waals surface area contributed by atoms with Crippen LogP contribution in [0.5, 0.6) is 0 Å². The first-order valence-corrected chi connectivity index (χ1v) is 5.23. The van der Waals surface area contributed by atoms with Crippen LogP contribution in [-0.2, 0) is 18.4 Å². The molecule has 0 atom stereocenters. The second-order valence-corrected chi connectivity index (χ2v) is 4.18. The number of rotatable bonds is 4. The van der Waals surface area contributed by atoms with Gasteiger partial charge in [-0.1, -0.05) is 13.8 Å². The highest BCUT2D eigenvalue weighted by Crippen LogP contribution is 2.00. The number of nitrogens with zero attached hydrogens (tertiary/aromatic N) is 3. The highest BCUT2D eigenvalue weighted by atomic mass is 16.6. The maximum absolute atomic E-state index is 11.7. The molecule has 8 heteroatoms. The summed E-state index contributed by atoms with van der Waals surface area (Å²) in [6.07, 6.45) is 0.848. The fraction of sp³-hybridized carbons (Fsp3) is 0.500. The van der Waals surface area contributed by atoms with Gasteiger partial charge in [0.25, 0.3) is 0 Å². The summed E-state index contributed by atoms with van der Waals surface area (Å²) in [5, 5.41) is 10.6. The maximum Gasteiger partial charge on any atom is 0.350 e. The van der Waals surface area contributed by atoms with Crippen LogP contribution in [0.25, 0.3) is 0 Å². The largest absolute Gasteiger partial charge is 0.350 e. The molecule has 98 valence electrons. The molecule has 0 fully saturated rings. The van der Waals surface area contributed by atoms with Crippen LogP contribution >= 0.6 is 0 Å². The first-order valence-electron chi connectivity index (χ1n) is 5.23. The zero-order chi connectivity index (χ0) is 14.0. The van der Waals surface area contributed by atoms with E-state index in [9.17, 15) is 24.5 Å². The van der Waals surface area contributed by atoms with Gasteiger partial charge in [0, 0.05) is 13.0 Å². The minimum absolute atomic E-state index is 0.338. The van der Waals surface area contributed by atoms with E-state index in [1.165, 1.54) is 7.05 Å². The van der Waals surface area contributed by atoms with Crippen molar-refractivity contribution < 1.29 is 9.72 Å². The minimum Gasteiger partial charge on any atom is -0.297 e. The molecule has 1 rings (SSSR count). The standard InChI is InChI=1S/C10H13N3O5/c1-6(2)8(14)5-12-9(15)7(13(17)18)4-11(3)10(12)16/h4,6H,5H2,1-3H3. The van der Waals surface area contributed by atoms with Gasteiger partial charge < -0.3 is 0 Å². The Kier molecular flexibility index (Phi) is 3.79. The molecule has 0 N–H and O–H groups in total. The number of Topliss-reactive ketones (excluding diaryl/α,β-unsaturated/α-hetero) is 1. The van der Waals surface area contributed by atoms with E-state index in [2.05, 4.69) is 0 Å². The van der Waals surface area contributed by atoms with E-state index in [0.29, 0.717) is 4.57 Å². The lowest BCUT2D eigenvalue weighted by Crippen LogP contribution is -2.41. The van der Waals surface area contributed by atoms with Crippen LogP contribution in [0.4, 0.5) is 5.69 Å². The molecule has 0 aliphatic carbocycles. The van der Waals surface area contributed by atoms with Crippen LogP contribution in [0.1, 0.15) is 13.8 Å². The van der Waals surface area contributed by atoms with E-state index in [4.69, 9.17) is 0 Å². The average molecular weight is 255 g/mol. The summed E-state index contributed by atoms with van der Waals surface area (Å²) >= 11 is 0. The molecular formula is C10H13N3O5. The first-order chi connectivity index (χ1) is 8.25. The number of hydrogen-bond donors (Lipinski definition) is 0. The molecule has 0 saturated carbocycles. The smallest absolute Gasteiger partial charge is 0.297 e. The van der Waals surface area contributed by atoms with Crippen LogP contribution in [0.2, 0.25) is 0 Å². The monoisotopic (exact) mass is 255 g/mol. The summed E-state index contributed by atoms with van der Waals surface area (Å²) in [6.45, 7) is 2.79. The van der Waals surface area contributed by atoms with Gasteiger partial charge in [0.2, 0.25) is 0 Å². The van der Waals surface area contributed by atoms with Crippen LogP contribution in [0.3, 0.4) is 0 Å². The fourth-order valence-electron chi connectivity index (χ4n) is 1.31. The lowest BCUT2D eigenvalue weighted by molar-refractivity contribution is -0.387. The number of nitro groups is 1. The van der Waals surface area contributed by atoms with Crippen molar-refractivity contribution in [2.75, 3.05) is 0 Å². The number of ketones is 1. The van der Waals surface area contributed by atoms with E-state index in [-0.39, 0.29) is 11.7 Å². The van der Waals surface area contributed by atoms with Crippen LogP contribution in [-0.4, -0.2) is 19.8 Å². The summed E-state index contributed by atoms with van der Waals surface area (Å²) in [5.41, 5.74) is -2.54. The Hall–Kier alpha value is -2.25. The topological polar surface area (TPSA) is 104 Å². The van der Waals surface area contributed by atoms with Gasteiger partial charge in [0.1, 0.15) is 0 Å². The van der Waals surface area contributed by atoms with Gasteiger partial charge in [0.05, 0.1) is 17.7 Å². The number of carbonyl (C=O) groups is 1. The second kappa shape index (κ2) is 4.94. The predicted molar refractivity (Wildman–Crippen MR) is 62.4 cm³/mol. The van der Waals surface area contributed by atoms with Crippen molar-refractivity contribution in [2.24, 2.45) is 13.0 Å². The van der Waals surface area contributed by atoms with E-state index in [0.717, 1.165) is 10.8 Å². The van der Waals surface area contributed by atoms with Gasteiger partial charge in [-0.05, 0) is 0 Å². The van der Waals surface area contributed by atoms with Crippen molar-refractivity contribution in [3.63, 3.8) is 0 Å². The second-order valence-electron chi connectivity index (χ2n) is 4.18. The van der Waals surface area contributed by atoms with Gasteiger partial charge in [-0.15, -0.1) is 0 Å². The summed E-state index contributed by atoms with van der Waals surface area (Å²) in [7, 11) is 1.28. The molecule has 18 heavy (non-hydrogen) atoms. The summed E-state index contributed by atoms with van der Waals surface area (Å²) < 4.78 is 1.49. The van der Waals surface area contributed by atoms with E-state index in [1.807, 2.05) is 0 Å². The third-order valence-electron chi connectivity index (χ3n) is 2.47. The molecule has 0 amide bonds. The average Bonchev–Trinajstić information content (AvgIpc) is 2.28. The van der Waals surface area contributed by atoms with Gasteiger partial charge in [-0.2, -0.15) is 0 Å². The fourth-order valence-corrected chi connectivity index (χ4v) is 1.31. The molecule has 8 nitrogen and oxygen atoms in total. The SMILES string of the molecule is CC(C)C(=O)Cn1c(=O)c([N+](=O)[O-])cn(C)c1=O. The lowest BCUT2D eigenvalue weighted by Gasteiger charge is -2.07. The van der Waals surface area contributed by atoms with Gasteiger partial charge >= 0.3 is 16.9 Å². The minimum atomic E-state index is -1.06. The summed E-state index contributed by atoms with van der Waals surface area (Å²) in [6, 6.07) is 0. The molecule has 0 unspecified atom stereocenters. The highest BCUT2D eigenvalue weighted by molar-refractivity contribution is 5.80. The highest BCUT2D eigenvalue weighted by Gasteiger charge is 2.20. The van der Waals surface area contributed by atoms with Crippen LogP contribution < -0.4 is 11.2 Å². The van der Waals surface area contributed by atoms with E-state index >= 15 is 0 Å². The van der Waals surface area contributed by atoms with Crippen LogP contribution in [0, 0.1) is 16.0 Å². The van der Waals surface area contributed by atoms with Crippen molar-refractivity contribution in [2.45, 2.75) is 20.4 Å². The third-order valence-corrected chi connectivity index (χ3v) is 2.47. The molecule has 0 aromatic carbocycles. The van der Waals surface area contributed by atoms with Gasteiger partial charge in [-0.3, -0.25) is 24.3 Å². The molecule has 1 aromatic heterocycles. The summed E-state index contributed by atoms with van der Waals surface area (Å²) in [4.78, 5) is 44.7. The van der Waals surface area contributed by atoms with E-state index in [1.54, 1.807) is 13.8 Å².